The van der Waals surface area contributed by atoms with Gasteiger partial charge >= 0.3 is 0 Å². The van der Waals surface area contributed by atoms with E-state index in [1.165, 1.54) is 7.11 Å². The lowest BCUT2D eigenvalue weighted by molar-refractivity contribution is 0.0970. The van der Waals surface area contributed by atoms with Crippen molar-refractivity contribution in [2.45, 2.75) is 0 Å². The van der Waals surface area contributed by atoms with Crippen LogP contribution in [-0.4, -0.2) is 39.1 Å². The highest BCUT2D eigenvalue weighted by Crippen LogP contribution is 2.46. The second-order valence-corrected chi connectivity index (χ2v) is 4.71. The molecule has 0 bridgehead atoms. The van der Waals surface area contributed by atoms with Gasteiger partial charge in [-0.2, -0.15) is 0 Å². The van der Waals surface area contributed by atoms with E-state index in [2.05, 4.69) is 0 Å². The Kier molecular flexibility index (Phi) is 2.74. The van der Waals surface area contributed by atoms with Gasteiger partial charge in [0, 0.05) is 5.56 Å². The van der Waals surface area contributed by atoms with Gasteiger partial charge in [-0.3, -0.25) is 9.59 Å². The third kappa shape index (κ3) is 1.56. The van der Waals surface area contributed by atoms with Crippen LogP contribution in [0.1, 0.15) is 31.8 Å². The zero-order valence-corrected chi connectivity index (χ0v) is 11.2. The second kappa shape index (κ2) is 4.39. The predicted octanol–water partition coefficient (Wildman–Crippen LogP) is 1.29. The van der Waals surface area contributed by atoms with E-state index in [0.29, 0.717) is 0 Å². The minimum absolute atomic E-state index is 0.283. The van der Waals surface area contributed by atoms with Crippen molar-refractivity contribution < 1.29 is 34.8 Å². The number of hydrogen-bond donors (Lipinski definition) is 4. The highest BCUT2D eigenvalue weighted by atomic mass is 16.5. The molecule has 0 fully saturated rings. The van der Waals surface area contributed by atoms with Crippen molar-refractivity contribution in [1.82, 2.24) is 0 Å². The number of rotatable bonds is 1. The summed E-state index contributed by atoms with van der Waals surface area (Å²) < 4.78 is 4.79. The molecule has 3 rings (SSSR count). The molecule has 0 aliphatic heterocycles. The third-order valence-corrected chi connectivity index (χ3v) is 3.53. The van der Waals surface area contributed by atoms with Crippen molar-refractivity contribution in [3.63, 3.8) is 0 Å². The maximum Gasteiger partial charge on any atom is 0.203 e. The highest BCUT2D eigenvalue weighted by Gasteiger charge is 2.38. The Morgan fingerprint density at radius 3 is 1.91 bits per heavy atom. The second-order valence-electron chi connectivity index (χ2n) is 4.71. The van der Waals surface area contributed by atoms with E-state index < -0.39 is 45.7 Å². The molecule has 2 aromatic carbocycles. The molecule has 7 nitrogen and oxygen atoms in total. The lowest BCUT2D eigenvalue weighted by Gasteiger charge is -2.21. The van der Waals surface area contributed by atoms with Gasteiger partial charge in [-0.25, -0.2) is 0 Å². The van der Waals surface area contributed by atoms with Crippen LogP contribution < -0.4 is 4.74 Å². The first kappa shape index (κ1) is 13.7. The quantitative estimate of drug-likeness (QED) is 0.499. The number of ketones is 2. The minimum atomic E-state index is -0.853. The number of phenols is 4. The molecule has 0 saturated heterocycles. The fourth-order valence-corrected chi connectivity index (χ4v) is 2.55. The molecule has 0 aromatic heterocycles. The molecule has 1 aliphatic rings. The van der Waals surface area contributed by atoms with Crippen LogP contribution in [0.5, 0.6) is 28.7 Å². The van der Waals surface area contributed by atoms with Gasteiger partial charge in [0.15, 0.2) is 17.3 Å². The summed E-state index contributed by atoms with van der Waals surface area (Å²) in [6.45, 7) is 0. The van der Waals surface area contributed by atoms with Gasteiger partial charge in [0.1, 0.15) is 11.5 Å². The fraction of sp³-hybridized carbons (Fsp3) is 0.0667. The van der Waals surface area contributed by atoms with Crippen molar-refractivity contribution in [3.05, 3.63) is 40.5 Å². The maximum atomic E-state index is 12.5. The summed E-state index contributed by atoms with van der Waals surface area (Å²) in [6.07, 6.45) is 0. The Hall–Kier alpha value is -3.22. The maximum absolute atomic E-state index is 12.5. The molecule has 2 aromatic rings. The van der Waals surface area contributed by atoms with Crippen molar-refractivity contribution in [3.8, 4) is 28.7 Å². The van der Waals surface area contributed by atoms with Crippen LogP contribution >= 0.6 is 0 Å². The van der Waals surface area contributed by atoms with Gasteiger partial charge in [-0.1, -0.05) is 0 Å². The summed E-state index contributed by atoms with van der Waals surface area (Å²) in [7, 11) is 1.17. The topological polar surface area (TPSA) is 124 Å². The Morgan fingerprint density at radius 2 is 1.36 bits per heavy atom. The zero-order valence-electron chi connectivity index (χ0n) is 11.2. The predicted molar refractivity (Wildman–Crippen MR) is 73.0 cm³/mol. The number of hydrogen-bond acceptors (Lipinski definition) is 7. The number of fused-ring (bicyclic) bond motifs is 2. The Labute approximate surface area is 123 Å². The molecule has 7 heteroatoms. The molecule has 22 heavy (non-hydrogen) atoms. The summed E-state index contributed by atoms with van der Waals surface area (Å²) in [5, 5.41) is 39.5. The first-order valence-corrected chi connectivity index (χ1v) is 6.15. The SMILES string of the molecule is COc1c(O)cc2c(c1O)C(=O)c1c(O)ccc(O)c1C2=O. The summed E-state index contributed by atoms with van der Waals surface area (Å²) in [4.78, 5) is 25.0. The van der Waals surface area contributed by atoms with Crippen LogP contribution in [0.2, 0.25) is 0 Å². The number of benzene rings is 2. The largest absolute Gasteiger partial charge is 0.507 e. The summed E-state index contributed by atoms with van der Waals surface area (Å²) in [5.74, 6) is -4.22. The standard InChI is InChI=1S/C15H10O7/c1-22-15-8(18)4-5-9(14(15)21)13(20)11-7(17)3-2-6(16)10(11)12(5)19/h2-4,16-18,21H,1H3. The number of carbonyl (C=O) groups excluding carboxylic acids is 2. The normalized spacial score (nSPS) is 12.8. The van der Waals surface area contributed by atoms with Gasteiger partial charge < -0.3 is 25.2 Å². The number of methoxy groups -OCH3 is 1. The minimum Gasteiger partial charge on any atom is -0.507 e. The molecule has 0 spiro atoms. The fourth-order valence-electron chi connectivity index (χ4n) is 2.55. The Morgan fingerprint density at radius 1 is 0.818 bits per heavy atom. The average Bonchev–Trinajstić information content (AvgIpc) is 2.47. The Balaban J connectivity index is 2.42. The molecule has 0 unspecified atom stereocenters. The van der Waals surface area contributed by atoms with Crippen molar-refractivity contribution in [2.24, 2.45) is 0 Å². The van der Waals surface area contributed by atoms with Gasteiger partial charge in [0.2, 0.25) is 11.5 Å². The van der Waals surface area contributed by atoms with Crippen LogP contribution in [0, 0.1) is 0 Å². The molecule has 112 valence electrons. The van der Waals surface area contributed by atoms with Crippen LogP contribution in [0.3, 0.4) is 0 Å². The lowest BCUT2D eigenvalue weighted by Crippen LogP contribution is -2.21. The molecule has 1 aliphatic carbocycles. The molecule has 0 amide bonds. The number of carbonyl (C=O) groups is 2. The summed E-state index contributed by atoms with van der Waals surface area (Å²) in [5.41, 5.74) is -1.45. The molecular weight excluding hydrogens is 292 g/mol. The Bertz CT molecular complexity index is 852. The van der Waals surface area contributed by atoms with Crippen LogP contribution in [-0.2, 0) is 0 Å². The van der Waals surface area contributed by atoms with Crippen LogP contribution in [0.4, 0.5) is 0 Å². The molecule has 0 saturated carbocycles. The molecule has 0 atom stereocenters. The summed E-state index contributed by atoms with van der Waals surface area (Å²) in [6, 6.07) is 3.12. The van der Waals surface area contributed by atoms with E-state index in [1.54, 1.807) is 0 Å². The van der Waals surface area contributed by atoms with Crippen LogP contribution in [0.15, 0.2) is 18.2 Å². The van der Waals surface area contributed by atoms with Gasteiger partial charge in [-0.15, -0.1) is 0 Å². The van der Waals surface area contributed by atoms with Crippen LogP contribution in [0.25, 0.3) is 0 Å². The first-order valence-electron chi connectivity index (χ1n) is 6.15. The van der Waals surface area contributed by atoms with E-state index in [-0.39, 0.29) is 16.9 Å². The average molecular weight is 302 g/mol. The van der Waals surface area contributed by atoms with Crippen molar-refractivity contribution >= 4 is 11.6 Å². The smallest absolute Gasteiger partial charge is 0.203 e. The van der Waals surface area contributed by atoms with Gasteiger partial charge in [0.25, 0.3) is 0 Å². The number of aromatic hydroxyl groups is 4. The molecule has 4 N–H and O–H groups in total. The summed E-state index contributed by atoms with van der Waals surface area (Å²) >= 11 is 0. The van der Waals surface area contributed by atoms with Gasteiger partial charge in [-0.05, 0) is 18.2 Å². The third-order valence-electron chi connectivity index (χ3n) is 3.53. The van der Waals surface area contributed by atoms with E-state index in [4.69, 9.17) is 4.74 Å². The molecular formula is C15H10O7. The van der Waals surface area contributed by atoms with Crippen molar-refractivity contribution in [1.29, 1.82) is 0 Å². The highest BCUT2D eigenvalue weighted by molar-refractivity contribution is 6.31. The van der Waals surface area contributed by atoms with E-state index in [1.807, 2.05) is 0 Å². The van der Waals surface area contributed by atoms with E-state index in [0.717, 1.165) is 18.2 Å². The molecule has 0 heterocycles. The zero-order chi connectivity index (χ0) is 16.2. The van der Waals surface area contributed by atoms with Gasteiger partial charge in [0.05, 0.1) is 23.8 Å². The van der Waals surface area contributed by atoms with E-state index in [9.17, 15) is 30.0 Å². The monoisotopic (exact) mass is 302 g/mol. The van der Waals surface area contributed by atoms with E-state index >= 15 is 0 Å². The van der Waals surface area contributed by atoms with Crippen molar-refractivity contribution in [2.75, 3.05) is 7.11 Å². The number of phenolic OH excluding ortho intramolecular Hbond substituents is 4. The first-order chi connectivity index (χ1) is 10.4. The number of ether oxygens (including phenoxy) is 1. The lowest BCUT2D eigenvalue weighted by atomic mass is 9.82. The molecule has 0 radical (unpaired) electrons.